The highest BCUT2D eigenvalue weighted by molar-refractivity contribution is 7.15. The van der Waals surface area contributed by atoms with E-state index in [4.69, 9.17) is 0 Å². The van der Waals surface area contributed by atoms with Crippen LogP contribution in [0.2, 0.25) is 0 Å². The Kier molecular flexibility index (Phi) is 4.15. The maximum Gasteiger partial charge on any atom is 0.205 e. The van der Waals surface area contributed by atoms with Crippen LogP contribution in [-0.2, 0) is 0 Å². The molecule has 0 saturated carbocycles. The second-order valence-electron chi connectivity index (χ2n) is 3.18. The van der Waals surface area contributed by atoms with Crippen molar-refractivity contribution in [2.75, 3.05) is 11.9 Å². The normalized spacial score (nSPS) is 12.8. The predicted molar refractivity (Wildman–Crippen MR) is 57.4 cm³/mol. The Balaban J connectivity index is 2.53. The van der Waals surface area contributed by atoms with Crippen molar-refractivity contribution in [2.24, 2.45) is 0 Å². The van der Waals surface area contributed by atoms with Crippen molar-refractivity contribution in [3.05, 3.63) is 5.01 Å². The minimum absolute atomic E-state index is 0.537. The van der Waals surface area contributed by atoms with Gasteiger partial charge in [0.25, 0.3) is 0 Å². The molecule has 13 heavy (non-hydrogen) atoms. The van der Waals surface area contributed by atoms with Gasteiger partial charge in [-0.3, -0.25) is 0 Å². The lowest BCUT2D eigenvalue weighted by Crippen LogP contribution is -1.98. The van der Waals surface area contributed by atoms with Crippen LogP contribution in [0.3, 0.4) is 0 Å². The summed E-state index contributed by atoms with van der Waals surface area (Å²) >= 11 is 1.67. The smallest absolute Gasteiger partial charge is 0.205 e. The number of rotatable bonds is 5. The first-order valence-electron chi connectivity index (χ1n) is 4.85. The van der Waals surface area contributed by atoms with Gasteiger partial charge in [-0.1, -0.05) is 32.1 Å². The lowest BCUT2D eigenvalue weighted by Gasteiger charge is -2.00. The number of nitrogens with one attached hydrogen (secondary N) is 1. The summed E-state index contributed by atoms with van der Waals surface area (Å²) in [5.74, 6) is 0.537. The van der Waals surface area contributed by atoms with Gasteiger partial charge in [0.15, 0.2) is 0 Å². The summed E-state index contributed by atoms with van der Waals surface area (Å²) in [5.41, 5.74) is 0. The van der Waals surface area contributed by atoms with E-state index in [0.717, 1.165) is 29.5 Å². The molecule has 4 heteroatoms. The van der Waals surface area contributed by atoms with Crippen LogP contribution in [-0.4, -0.2) is 16.7 Å². The molecular weight excluding hydrogens is 182 g/mol. The van der Waals surface area contributed by atoms with Crippen molar-refractivity contribution in [3.8, 4) is 0 Å². The molecule has 74 valence electrons. The standard InChI is InChI=1S/C9H17N3S/c1-4-6-10-9-12-11-8(13-9)7(3)5-2/h7H,4-6H2,1-3H3,(H,10,12). The number of hydrogen-bond acceptors (Lipinski definition) is 4. The van der Waals surface area contributed by atoms with Gasteiger partial charge in [-0.15, -0.1) is 10.2 Å². The highest BCUT2D eigenvalue weighted by atomic mass is 32.1. The molecule has 0 bridgehead atoms. The van der Waals surface area contributed by atoms with E-state index in [-0.39, 0.29) is 0 Å². The Bertz CT molecular complexity index is 247. The zero-order valence-electron chi connectivity index (χ0n) is 8.50. The molecule has 1 rings (SSSR count). The van der Waals surface area contributed by atoms with E-state index in [9.17, 15) is 0 Å². The molecule has 1 unspecified atom stereocenters. The molecule has 1 aromatic rings. The molecule has 0 saturated heterocycles. The number of nitrogens with zero attached hydrogens (tertiary/aromatic N) is 2. The van der Waals surface area contributed by atoms with E-state index >= 15 is 0 Å². The maximum atomic E-state index is 4.15. The molecule has 1 atom stereocenters. The van der Waals surface area contributed by atoms with Gasteiger partial charge in [-0.2, -0.15) is 0 Å². The van der Waals surface area contributed by atoms with Gasteiger partial charge in [0, 0.05) is 12.5 Å². The van der Waals surface area contributed by atoms with Crippen LogP contribution in [0.15, 0.2) is 0 Å². The summed E-state index contributed by atoms with van der Waals surface area (Å²) in [6.07, 6.45) is 2.25. The Labute approximate surface area is 83.6 Å². The van der Waals surface area contributed by atoms with Crippen LogP contribution in [0.1, 0.15) is 44.5 Å². The fourth-order valence-electron chi connectivity index (χ4n) is 0.912. The summed E-state index contributed by atoms with van der Waals surface area (Å²) < 4.78 is 0. The van der Waals surface area contributed by atoms with E-state index in [2.05, 4.69) is 36.3 Å². The van der Waals surface area contributed by atoms with Gasteiger partial charge in [0.1, 0.15) is 5.01 Å². The molecule has 0 amide bonds. The van der Waals surface area contributed by atoms with E-state index in [1.165, 1.54) is 0 Å². The molecule has 1 heterocycles. The zero-order chi connectivity index (χ0) is 9.68. The fraction of sp³-hybridized carbons (Fsp3) is 0.778. The predicted octanol–water partition coefficient (Wildman–Crippen LogP) is 2.87. The first kappa shape index (κ1) is 10.4. The minimum Gasteiger partial charge on any atom is -0.360 e. The quantitative estimate of drug-likeness (QED) is 0.792. The van der Waals surface area contributed by atoms with Crippen molar-refractivity contribution >= 4 is 16.5 Å². The second-order valence-corrected chi connectivity index (χ2v) is 4.19. The van der Waals surface area contributed by atoms with E-state index in [1.54, 1.807) is 11.3 Å². The van der Waals surface area contributed by atoms with Crippen LogP contribution < -0.4 is 5.32 Å². The third-order valence-electron chi connectivity index (χ3n) is 2.00. The minimum atomic E-state index is 0.537. The highest BCUT2D eigenvalue weighted by Gasteiger charge is 2.09. The van der Waals surface area contributed by atoms with Gasteiger partial charge < -0.3 is 5.32 Å². The summed E-state index contributed by atoms with van der Waals surface area (Å²) in [4.78, 5) is 0. The van der Waals surface area contributed by atoms with Crippen LogP contribution in [0.25, 0.3) is 0 Å². The summed E-state index contributed by atoms with van der Waals surface area (Å²) in [7, 11) is 0. The lowest BCUT2D eigenvalue weighted by atomic mass is 10.1. The molecule has 0 aromatic carbocycles. The van der Waals surface area contributed by atoms with Crippen molar-refractivity contribution < 1.29 is 0 Å². The third kappa shape index (κ3) is 2.95. The van der Waals surface area contributed by atoms with Crippen molar-refractivity contribution in [1.82, 2.24) is 10.2 Å². The van der Waals surface area contributed by atoms with Crippen LogP contribution in [0.4, 0.5) is 5.13 Å². The van der Waals surface area contributed by atoms with Crippen molar-refractivity contribution in [2.45, 2.75) is 39.5 Å². The maximum absolute atomic E-state index is 4.15. The van der Waals surface area contributed by atoms with E-state index in [1.807, 2.05) is 0 Å². The Morgan fingerprint density at radius 3 is 2.77 bits per heavy atom. The fourth-order valence-corrected chi connectivity index (χ4v) is 1.82. The summed E-state index contributed by atoms with van der Waals surface area (Å²) in [6.45, 7) is 7.48. The number of hydrogen-bond donors (Lipinski definition) is 1. The van der Waals surface area contributed by atoms with Gasteiger partial charge in [-0.05, 0) is 12.8 Å². The summed E-state index contributed by atoms with van der Waals surface area (Å²) in [6, 6.07) is 0. The molecule has 0 fully saturated rings. The average Bonchev–Trinajstić information content (AvgIpc) is 2.62. The molecule has 0 aliphatic heterocycles. The second kappa shape index (κ2) is 5.17. The number of anilines is 1. The van der Waals surface area contributed by atoms with E-state index < -0.39 is 0 Å². The molecule has 0 radical (unpaired) electrons. The monoisotopic (exact) mass is 199 g/mol. The Morgan fingerprint density at radius 1 is 1.38 bits per heavy atom. The summed E-state index contributed by atoms with van der Waals surface area (Å²) in [5, 5.41) is 13.6. The molecule has 1 N–H and O–H groups in total. The van der Waals surface area contributed by atoms with Crippen molar-refractivity contribution in [3.63, 3.8) is 0 Å². The van der Waals surface area contributed by atoms with Crippen molar-refractivity contribution in [1.29, 1.82) is 0 Å². The average molecular weight is 199 g/mol. The highest BCUT2D eigenvalue weighted by Crippen LogP contribution is 2.24. The van der Waals surface area contributed by atoms with Crippen LogP contribution >= 0.6 is 11.3 Å². The largest absolute Gasteiger partial charge is 0.360 e. The Morgan fingerprint density at radius 2 is 2.15 bits per heavy atom. The zero-order valence-corrected chi connectivity index (χ0v) is 9.32. The Hall–Kier alpha value is -0.640. The van der Waals surface area contributed by atoms with Gasteiger partial charge in [0.05, 0.1) is 0 Å². The molecule has 3 nitrogen and oxygen atoms in total. The van der Waals surface area contributed by atoms with Crippen LogP contribution in [0, 0.1) is 0 Å². The molecule has 0 aliphatic carbocycles. The molecular formula is C9H17N3S. The lowest BCUT2D eigenvalue weighted by molar-refractivity contribution is 0.715. The molecule has 0 spiro atoms. The van der Waals surface area contributed by atoms with Gasteiger partial charge in [-0.25, -0.2) is 0 Å². The topological polar surface area (TPSA) is 37.8 Å². The van der Waals surface area contributed by atoms with Gasteiger partial charge in [0.2, 0.25) is 5.13 Å². The SMILES string of the molecule is CCCNc1nnc(C(C)CC)s1. The first-order chi connectivity index (χ1) is 6.27. The molecule has 1 aromatic heterocycles. The van der Waals surface area contributed by atoms with Crippen LogP contribution in [0.5, 0.6) is 0 Å². The number of aromatic nitrogens is 2. The third-order valence-corrected chi connectivity index (χ3v) is 3.11. The van der Waals surface area contributed by atoms with E-state index in [0.29, 0.717) is 5.92 Å². The molecule has 0 aliphatic rings. The van der Waals surface area contributed by atoms with Gasteiger partial charge >= 0.3 is 0 Å². The first-order valence-corrected chi connectivity index (χ1v) is 5.66.